The summed E-state index contributed by atoms with van der Waals surface area (Å²) in [5, 5.41) is 10.1. The van der Waals surface area contributed by atoms with Gasteiger partial charge in [-0.25, -0.2) is 12.8 Å². The van der Waals surface area contributed by atoms with Crippen molar-refractivity contribution in [2.75, 3.05) is 19.0 Å². The molecule has 1 unspecified atom stereocenters. The van der Waals surface area contributed by atoms with E-state index >= 15 is 0 Å². The zero-order valence-electron chi connectivity index (χ0n) is 11.6. The van der Waals surface area contributed by atoms with E-state index in [1.54, 1.807) is 0 Å². The van der Waals surface area contributed by atoms with Gasteiger partial charge in [0.25, 0.3) is 0 Å². The molecule has 1 atom stereocenters. The molecule has 7 heteroatoms. The lowest BCUT2D eigenvalue weighted by Gasteiger charge is -2.24. The van der Waals surface area contributed by atoms with Gasteiger partial charge >= 0.3 is 0 Å². The number of rotatable bonds is 8. The summed E-state index contributed by atoms with van der Waals surface area (Å²) in [5.74, 6) is -0.670. The minimum absolute atomic E-state index is 0.0435. The van der Waals surface area contributed by atoms with Crippen molar-refractivity contribution >= 4 is 10.0 Å². The van der Waals surface area contributed by atoms with Crippen LogP contribution in [0.3, 0.4) is 0 Å². The first-order chi connectivity index (χ1) is 9.94. The van der Waals surface area contributed by atoms with Crippen molar-refractivity contribution in [1.82, 2.24) is 4.31 Å². The Bertz CT molecular complexity index is 558. The Kier molecular flexibility index (Phi) is 5.29. The fourth-order valence-corrected chi connectivity index (χ4v) is 3.91. The minimum Gasteiger partial charge on any atom is -0.387 e. The number of aliphatic hydroxyl groups excluding tert-OH is 1. The first-order valence-electron chi connectivity index (χ1n) is 6.93. The third kappa shape index (κ3) is 4.46. The fraction of sp³-hybridized carbons (Fsp3) is 0.571. The van der Waals surface area contributed by atoms with Crippen molar-refractivity contribution in [2.24, 2.45) is 0 Å². The van der Waals surface area contributed by atoms with Gasteiger partial charge in [-0.3, -0.25) is 4.39 Å². The topological polar surface area (TPSA) is 57.6 Å². The third-order valence-corrected chi connectivity index (χ3v) is 5.42. The van der Waals surface area contributed by atoms with E-state index in [9.17, 15) is 22.3 Å². The highest BCUT2D eigenvalue weighted by molar-refractivity contribution is 7.89. The van der Waals surface area contributed by atoms with Crippen LogP contribution in [0.25, 0.3) is 0 Å². The molecule has 1 aromatic carbocycles. The molecule has 0 saturated heterocycles. The zero-order chi connectivity index (χ0) is 15.5. The molecule has 1 aromatic rings. The highest BCUT2D eigenvalue weighted by Gasteiger charge is 2.38. The number of hydrogen-bond acceptors (Lipinski definition) is 3. The van der Waals surface area contributed by atoms with Crippen molar-refractivity contribution in [2.45, 2.75) is 31.4 Å². The first-order valence-corrected chi connectivity index (χ1v) is 8.54. The predicted octanol–water partition coefficient (Wildman–Crippen LogP) is 2.01. The highest BCUT2D eigenvalue weighted by atomic mass is 32.2. The summed E-state index contributed by atoms with van der Waals surface area (Å²) in [6.45, 7) is -0.761. The maximum atomic E-state index is 12.9. The van der Waals surface area contributed by atoms with E-state index in [1.165, 1.54) is 28.6 Å². The number of alkyl halides is 1. The monoisotopic (exact) mass is 319 g/mol. The molecule has 0 spiro atoms. The van der Waals surface area contributed by atoms with Gasteiger partial charge in [-0.05, 0) is 37.0 Å². The van der Waals surface area contributed by atoms with E-state index < -0.39 is 28.6 Å². The van der Waals surface area contributed by atoms with Gasteiger partial charge in [-0.1, -0.05) is 12.1 Å². The second-order valence-corrected chi connectivity index (χ2v) is 7.27. The van der Waals surface area contributed by atoms with Gasteiger partial charge < -0.3 is 5.11 Å². The van der Waals surface area contributed by atoms with E-state index in [1.807, 2.05) is 0 Å². The standard InChI is InChI=1S/C14H19F2NO3S/c15-8-1-9-21(19,20)17(13-6-7-13)10-14(18)11-2-4-12(16)5-3-11/h2-5,13-14,18H,1,6-10H2. The fourth-order valence-electron chi connectivity index (χ4n) is 2.17. The van der Waals surface area contributed by atoms with Crippen LogP contribution in [-0.4, -0.2) is 42.8 Å². The lowest BCUT2D eigenvalue weighted by molar-refractivity contribution is 0.145. The number of sulfonamides is 1. The van der Waals surface area contributed by atoms with Gasteiger partial charge in [0.1, 0.15) is 5.82 Å². The average molecular weight is 319 g/mol. The maximum absolute atomic E-state index is 12.9. The average Bonchev–Trinajstić information content (AvgIpc) is 3.27. The Hall–Kier alpha value is -1.05. The van der Waals surface area contributed by atoms with Crippen molar-refractivity contribution in [3.8, 4) is 0 Å². The number of nitrogens with zero attached hydrogens (tertiary/aromatic N) is 1. The van der Waals surface area contributed by atoms with Crippen LogP contribution in [0.5, 0.6) is 0 Å². The number of benzene rings is 1. The molecule has 1 N–H and O–H groups in total. The van der Waals surface area contributed by atoms with Crippen molar-refractivity contribution < 1.29 is 22.3 Å². The molecular weight excluding hydrogens is 300 g/mol. The summed E-state index contributed by atoms with van der Waals surface area (Å²) < 4.78 is 50.7. The molecule has 0 aliphatic heterocycles. The van der Waals surface area contributed by atoms with Crippen LogP contribution in [0.15, 0.2) is 24.3 Å². The third-order valence-electron chi connectivity index (χ3n) is 3.46. The van der Waals surface area contributed by atoms with Gasteiger partial charge in [0, 0.05) is 12.6 Å². The highest BCUT2D eigenvalue weighted by Crippen LogP contribution is 2.31. The van der Waals surface area contributed by atoms with Gasteiger partial charge in [0.2, 0.25) is 10.0 Å². The van der Waals surface area contributed by atoms with Crippen LogP contribution >= 0.6 is 0 Å². The van der Waals surface area contributed by atoms with E-state index in [2.05, 4.69) is 0 Å². The Morgan fingerprint density at radius 2 is 1.90 bits per heavy atom. The Labute approximate surface area is 123 Å². The van der Waals surface area contributed by atoms with E-state index in [4.69, 9.17) is 0 Å². The quantitative estimate of drug-likeness (QED) is 0.797. The maximum Gasteiger partial charge on any atom is 0.214 e. The lowest BCUT2D eigenvalue weighted by atomic mass is 10.1. The van der Waals surface area contributed by atoms with Gasteiger partial charge in [-0.2, -0.15) is 4.31 Å². The summed E-state index contributed by atoms with van der Waals surface area (Å²) in [7, 11) is -3.57. The first kappa shape index (κ1) is 16.3. The lowest BCUT2D eigenvalue weighted by Crippen LogP contribution is -2.38. The van der Waals surface area contributed by atoms with Crippen LogP contribution in [0.2, 0.25) is 0 Å². The molecule has 0 amide bonds. The van der Waals surface area contributed by atoms with Crippen LogP contribution < -0.4 is 0 Å². The smallest absolute Gasteiger partial charge is 0.214 e. The predicted molar refractivity (Wildman–Crippen MR) is 75.5 cm³/mol. The molecule has 1 fully saturated rings. The van der Waals surface area contributed by atoms with E-state index in [0.29, 0.717) is 5.56 Å². The molecule has 0 heterocycles. The summed E-state index contributed by atoms with van der Waals surface area (Å²) in [5.41, 5.74) is 0.461. The SMILES string of the molecule is O=S(=O)(CCCF)N(CC(O)c1ccc(F)cc1)C1CC1. The summed E-state index contributed by atoms with van der Waals surface area (Å²) in [6, 6.07) is 5.19. The zero-order valence-corrected chi connectivity index (χ0v) is 12.4. The van der Waals surface area contributed by atoms with Gasteiger partial charge in [-0.15, -0.1) is 0 Å². The molecular formula is C14H19F2NO3S. The minimum atomic E-state index is -3.57. The van der Waals surface area contributed by atoms with Crippen LogP contribution in [-0.2, 0) is 10.0 Å². The van der Waals surface area contributed by atoms with Gasteiger partial charge in [0.05, 0.1) is 18.5 Å². The Balaban J connectivity index is 2.07. The molecule has 0 radical (unpaired) electrons. The summed E-state index contributed by atoms with van der Waals surface area (Å²) in [6.07, 6.45) is 0.445. The summed E-state index contributed by atoms with van der Waals surface area (Å²) in [4.78, 5) is 0. The van der Waals surface area contributed by atoms with Crippen LogP contribution in [0.4, 0.5) is 8.78 Å². The Morgan fingerprint density at radius 3 is 2.43 bits per heavy atom. The largest absolute Gasteiger partial charge is 0.387 e. The van der Waals surface area contributed by atoms with E-state index in [0.717, 1.165) is 12.8 Å². The molecule has 1 saturated carbocycles. The summed E-state index contributed by atoms with van der Waals surface area (Å²) >= 11 is 0. The van der Waals surface area contributed by atoms with Crippen molar-refractivity contribution in [1.29, 1.82) is 0 Å². The molecule has 1 aliphatic rings. The molecule has 118 valence electrons. The van der Waals surface area contributed by atoms with E-state index in [-0.39, 0.29) is 24.8 Å². The number of aliphatic hydroxyl groups is 1. The molecule has 1 aliphatic carbocycles. The molecule has 2 rings (SSSR count). The van der Waals surface area contributed by atoms with Crippen LogP contribution in [0, 0.1) is 5.82 Å². The Morgan fingerprint density at radius 1 is 1.29 bits per heavy atom. The van der Waals surface area contributed by atoms with Crippen LogP contribution in [0.1, 0.15) is 30.9 Å². The molecule has 0 bridgehead atoms. The molecule has 4 nitrogen and oxygen atoms in total. The normalized spacial score (nSPS) is 17.1. The van der Waals surface area contributed by atoms with Crippen molar-refractivity contribution in [3.63, 3.8) is 0 Å². The second kappa shape index (κ2) is 6.81. The number of hydrogen-bond donors (Lipinski definition) is 1. The molecule has 21 heavy (non-hydrogen) atoms. The second-order valence-electron chi connectivity index (χ2n) is 5.23. The molecule has 0 aromatic heterocycles. The van der Waals surface area contributed by atoms with Crippen molar-refractivity contribution in [3.05, 3.63) is 35.6 Å². The number of halogens is 2. The van der Waals surface area contributed by atoms with Gasteiger partial charge in [0.15, 0.2) is 0 Å².